The van der Waals surface area contributed by atoms with Crippen molar-refractivity contribution in [2.24, 2.45) is 10.9 Å². The van der Waals surface area contributed by atoms with Crippen LogP contribution in [0.5, 0.6) is 0 Å². The highest BCUT2D eigenvalue weighted by Crippen LogP contribution is 2.28. The number of rotatable bonds is 8. The summed E-state index contributed by atoms with van der Waals surface area (Å²) in [7, 11) is 0. The number of aliphatic imine (C=N–C) groups is 1. The quantitative estimate of drug-likeness (QED) is 0.380. The van der Waals surface area contributed by atoms with Crippen LogP contribution in [-0.2, 0) is 11.2 Å². The summed E-state index contributed by atoms with van der Waals surface area (Å²) in [5, 5.41) is 10.5. The van der Waals surface area contributed by atoms with Gasteiger partial charge >= 0.3 is 0 Å². The summed E-state index contributed by atoms with van der Waals surface area (Å²) in [6, 6.07) is 0. The molecule has 0 radical (unpaired) electrons. The lowest BCUT2D eigenvalue weighted by Crippen LogP contribution is -2.41. The summed E-state index contributed by atoms with van der Waals surface area (Å²) in [5.74, 6) is 1.24. The normalized spacial score (nSPS) is 14.7. The number of aromatic nitrogens is 1. The van der Waals surface area contributed by atoms with Crippen molar-refractivity contribution in [2.75, 3.05) is 26.2 Å². The summed E-state index contributed by atoms with van der Waals surface area (Å²) < 4.78 is 0. The van der Waals surface area contributed by atoms with Crippen LogP contribution in [0.15, 0.2) is 11.2 Å². The highest BCUT2D eigenvalue weighted by atomic mass is 32.1. The van der Waals surface area contributed by atoms with Gasteiger partial charge in [-0.05, 0) is 26.7 Å². The van der Waals surface area contributed by atoms with Crippen LogP contribution in [-0.4, -0.2) is 43.0 Å². The Hall–Kier alpha value is -1.63. The van der Waals surface area contributed by atoms with Crippen molar-refractivity contribution < 1.29 is 4.79 Å². The molecule has 0 aromatic carbocycles. The van der Waals surface area contributed by atoms with E-state index < -0.39 is 0 Å². The first kappa shape index (κ1) is 16.7. The molecule has 122 valence electrons. The zero-order valence-electron chi connectivity index (χ0n) is 13.3. The first-order valence-electron chi connectivity index (χ1n) is 7.90. The van der Waals surface area contributed by atoms with Crippen molar-refractivity contribution in [3.8, 4) is 0 Å². The van der Waals surface area contributed by atoms with Gasteiger partial charge in [-0.15, -0.1) is 11.3 Å². The fourth-order valence-corrected chi connectivity index (χ4v) is 2.75. The minimum Gasteiger partial charge on any atom is -0.357 e. The van der Waals surface area contributed by atoms with Gasteiger partial charge < -0.3 is 16.0 Å². The zero-order chi connectivity index (χ0) is 15.8. The number of carbonyl (C=O) groups excluding carboxylic acids is 1. The molecule has 1 heterocycles. The van der Waals surface area contributed by atoms with E-state index in [0.717, 1.165) is 36.8 Å². The Bertz CT molecular complexity index is 510. The molecule has 7 heteroatoms. The van der Waals surface area contributed by atoms with E-state index in [0.29, 0.717) is 19.6 Å². The summed E-state index contributed by atoms with van der Waals surface area (Å²) >= 11 is 1.72. The zero-order valence-corrected chi connectivity index (χ0v) is 14.1. The number of nitrogens with one attached hydrogen (secondary N) is 3. The van der Waals surface area contributed by atoms with Crippen LogP contribution < -0.4 is 16.0 Å². The second kappa shape index (κ2) is 8.73. The lowest BCUT2D eigenvalue weighted by Gasteiger charge is -2.11. The molecule has 1 saturated carbocycles. The van der Waals surface area contributed by atoms with E-state index >= 15 is 0 Å². The number of amides is 1. The number of aryl methyl sites for hydroxylation is 1. The van der Waals surface area contributed by atoms with Crippen molar-refractivity contribution in [1.82, 2.24) is 20.9 Å². The number of thiazole rings is 1. The maximum atomic E-state index is 11.5. The minimum atomic E-state index is 0.183. The van der Waals surface area contributed by atoms with Gasteiger partial charge in [0.2, 0.25) is 5.91 Å². The van der Waals surface area contributed by atoms with Crippen molar-refractivity contribution in [2.45, 2.75) is 33.1 Å². The van der Waals surface area contributed by atoms with E-state index in [-0.39, 0.29) is 11.8 Å². The third-order valence-corrected chi connectivity index (χ3v) is 4.25. The average molecular weight is 323 g/mol. The van der Waals surface area contributed by atoms with E-state index in [4.69, 9.17) is 0 Å². The molecule has 6 nitrogen and oxygen atoms in total. The molecular formula is C15H25N5OS. The van der Waals surface area contributed by atoms with Crippen LogP contribution in [0.3, 0.4) is 0 Å². The lowest BCUT2D eigenvalue weighted by molar-refractivity contribution is -0.122. The van der Waals surface area contributed by atoms with Crippen molar-refractivity contribution in [1.29, 1.82) is 0 Å². The number of nitrogens with zero attached hydrogens (tertiary/aromatic N) is 2. The minimum absolute atomic E-state index is 0.183. The van der Waals surface area contributed by atoms with Crippen molar-refractivity contribution in [3.63, 3.8) is 0 Å². The Morgan fingerprint density at radius 1 is 1.36 bits per heavy atom. The average Bonchev–Trinajstić information content (AvgIpc) is 3.27. The van der Waals surface area contributed by atoms with Gasteiger partial charge in [0.1, 0.15) is 0 Å². The molecular weight excluding hydrogens is 298 g/mol. The van der Waals surface area contributed by atoms with E-state index in [9.17, 15) is 4.79 Å². The number of guanidine groups is 1. The van der Waals surface area contributed by atoms with E-state index in [1.165, 1.54) is 4.88 Å². The first-order valence-corrected chi connectivity index (χ1v) is 8.72. The lowest BCUT2D eigenvalue weighted by atomic mass is 10.4. The maximum absolute atomic E-state index is 11.5. The van der Waals surface area contributed by atoms with Gasteiger partial charge in [-0.2, -0.15) is 0 Å². The predicted octanol–water partition coefficient (Wildman–Crippen LogP) is 1.08. The fraction of sp³-hybridized carbons (Fsp3) is 0.667. The molecule has 1 aliphatic rings. The Labute approximate surface area is 135 Å². The van der Waals surface area contributed by atoms with Gasteiger partial charge in [0.15, 0.2) is 5.96 Å². The smallest absolute Gasteiger partial charge is 0.223 e. The summed E-state index contributed by atoms with van der Waals surface area (Å²) in [6.07, 6.45) is 4.84. The Balaban J connectivity index is 1.66. The maximum Gasteiger partial charge on any atom is 0.223 e. The molecule has 0 bridgehead atoms. The van der Waals surface area contributed by atoms with Crippen LogP contribution in [0.2, 0.25) is 0 Å². The van der Waals surface area contributed by atoms with Crippen LogP contribution in [0.4, 0.5) is 0 Å². The van der Waals surface area contributed by atoms with E-state index in [1.807, 2.05) is 13.1 Å². The van der Waals surface area contributed by atoms with E-state index in [2.05, 4.69) is 32.9 Å². The molecule has 0 aliphatic heterocycles. The van der Waals surface area contributed by atoms with Crippen LogP contribution in [0, 0.1) is 12.8 Å². The van der Waals surface area contributed by atoms with Crippen LogP contribution in [0.25, 0.3) is 0 Å². The largest absolute Gasteiger partial charge is 0.357 e. The van der Waals surface area contributed by atoms with Gasteiger partial charge in [0.25, 0.3) is 0 Å². The van der Waals surface area contributed by atoms with Crippen LogP contribution >= 0.6 is 11.3 Å². The molecule has 1 fully saturated rings. The monoisotopic (exact) mass is 323 g/mol. The van der Waals surface area contributed by atoms with Crippen molar-refractivity contribution in [3.05, 3.63) is 16.1 Å². The fourth-order valence-electron chi connectivity index (χ4n) is 1.98. The number of hydrogen-bond acceptors (Lipinski definition) is 4. The molecule has 0 saturated heterocycles. The second-order valence-electron chi connectivity index (χ2n) is 5.37. The predicted molar refractivity (Wildman–Crippen MR) is 90.3 cm³/mol. The summed E-state index contributed by atoms with van der Waals surface area (Å²) in [6.45, 7) is 6.93. The molecule has 0 spiro atoms. The van der Waals surface area contributed by atoms with Crippen molar-refractivity contribution >= 4 is 23.2 Å². The molecule has 22 heavy (non-hydrogen) atoms. The Kier molecular flexibility index (Phi) is 6.64. The van der Waals surface area contributed by atoms with Crippen LogP contribution in [0.1, 0.15) is 29.7 Å². The third kappa shape index (κ3) is 6.01. The molecule has 3 N–H and O–H groups in total. The standard InChI is InChI=1S/C15H25N5OS/c1-3-16-15(18-7-6-13-20-10-11(2)22-13)19-9-8-17-14(21)12-4-5-12/h10,12H,3-9H2,1-2H3,(H,17,21)(H2,16,18,19). The highest BCUT2D eigenvalue weighted by molar-refractivity contribution is 7.11. The second-order valence-corrected chi connectivity index (χ2v) is 6.69. The molecule has 1 aromatic heterocycles. The van der Waals surface area contributed by atoms with Gasteiger partial charge in [0.05, 0.1) is 5.01 Å². The van der Waals surface area contributed by atoms with Gasteiger partial charge in [-0.1, -0.05) is 0 Å². The molecule has 0 unspecified atom stereocenters. The van der Waals surface area contributed by atoms with Gasteiger partial charge in [0, 0.05) is 49.6 Å². The first-order chi connectivity index (χ1) is 10.7. The molecule has 2 rings (SSSR count). The Morgan fingerprint density at radius 3 is 2.77 bits per heavy atom. The van der Waals surface area contributed by atoms with Gasteiger partial charge in [-0.25, -0.2) is 4.98 Å². The van der Waals surface area contributed by atoms with Gasteiger partial charge in [-0.3, -0.25) is 9.79 Å². The topological polar surface area (TPSA) is 78.4 Å². The highest BCUT2D eigenvalue weighted by Gasteiger charge is 2.28. The molecule has 1 amide bonds. The summed E-state index contributed by atoms with van der Waals surface area (Å²) in [5.41, 5.74) is 0. The third-order valence-electron chi connectivity index (χ3n) is 3.27. The summed E-state index contributed by atoms with van der Waals surface area (Å²) in [4.78, 5) is 21.6. The Morgan fingerprint density at radius 2 is 2.14 bits per heavy atom. The number of carbonyl (C=O) groups is 1. The molecule has 1 aliphatic carbocycles. The SMILES string of the molecule is CCNC(=NCCc1ncc(C)s1)NCCNC(=O)C1CC1. The van der Waals surface area contributed by atoms with E-state index in [1.54, 1.807) is 11.3 Å². The molecule has 0 atom stereocenters. The number of hydrogen-bond donors (Lipinski definition) is 3. The molecule has 1 aromatic rings.